The van der Waals surface area contributed by atoms with Gasteiger partial charge >= 0.3 is 0 Å². The fraction of sp³-hybridized carbons (Fsp3) is 0.136. The topological polar surface area (TPSA) is 68.7 Å². The van der Waals surface area contributed by atoms with Gasteiger partial charge < -0.3 is 19.8 Å². The van der Waals surface area contributed by atoms with Crippen LogP contribution in [0.15, 0.2) is 77.1 Å². The molecule has 2 N–H and O–H groups in total. The molecule has 1 aromatic heterocycles. The summed E-state index contributed by atoms with van der Waals surface area (Å²) >= 11 is 0. The predicted molar refractivity (Wildman–Crippen MR) is 105 cm³/mol. The monoisotopic (exact) mass is 360 g/mol. The van der Waals surface area contributed by atoms with Crippen LogP contribution in [0.2, 0.25) is 0 Å². The number of nitrogens with two attached hydrogens (primary N) is 1. The number of anilines is 2. The highest BCUT2D eigenvalue weighted by atomic mass is 16.5. The quantitative estimate of drug-likeness (QED) is 0.545. The zero-order valence-corrected chi connectivity index (χ0v) is 14.8. The average Bonchev–Trinajstić information content (AvgIpc) is 3.19. The molecule has 0 spiro atoms. The Kier molecular flexibility index (Phi) is 4.66. The summed E-state index contributed by atoms with van der Waals surface area (Å²) in [7, 11) is 0. The highest BCUT2D eigenvalue weighted by Crippen LogP contribution is 2.37. The number of ether oxygens (including phenoxy) is 1. The number of rotatable bonds is 5. The minimum absolute atomic E-state index is 0.197. The van der Waals surface area contributed by atoms with E-state index in [0.717, 1.165) is 12.8 Å². The van der Waals surface area contributed by atoms with E-state index in [2.05, 4.69) is 12.1 Å². The van der Waals surface area contributed by atoms with Crippen molar-refractivity contribution in [1.82, 2.24) is 0 Å². The van der Waals surface area contributed by atoms with Gasteiger partial charge in [0.05, 0.1) is 12.0 Å². The fourth-order valence-electron chi connectivity index (χ4n) is 3.14. The molecule has 27 heavy (non-hydrogen) atoms. The second-order valence-electron chi connectivity index (χ2n) is 6.40. The van der Waals surface area contributed by atoms with Crippen LogP contribution in [0.4, 0.5) is 11.4 Å². The van der Waals surface area contributed by atoms with Gasteiger partial charge in [-0.15, -0.1) is 0 Å². The molecule has 5 heteroatoms. The van der Waals surface area contributed by atoms with Crippen molar-refractivity contribution in [3.05, 3.63) is 84.0 Å². The maximum Gasteiger partial charge on any atom is 0.294 e. The van der Waals surface area contributed by atoms with Crippen molar-refractivity contribution in [3.8, 4) is 5.75 Å². The minimum atomic E-state index is -0.197. The summed E-state index contributed by atoms with van der Waals surface area (Å²) in [5.74, 6) is 1.22. The summed E-state index contributed by atoms with van der Waals surface area (Å²) < 4.78 is 11.1. The van der Waals surface area contributed by atoms with Crippen molar-refractivity contribution in [1.29, 1.82) is 0 Å². The molecule has 0 aliphatic carbocycles. The van der Waals surface area contributed by atoms with Crippen LogP contribution < -0.4 is 15.4 Å². The molecule has 0 fully saturated rings. The van der Waals surface area contributed by atoms with Crippen LogP contribution in [0.25, 0.3) is 6.08 Å². The van der Waals surface area contributed by atoms with E-state index in [1.807, 2.05) is 18.2 Å². The van der Waals surface area contributed by atoms with E-state index in [4.69, 9.17) is 14.9 Å². The zero-order chi connectivity index (χ0) is 18.6. The number of nitrogen functional groups attached to an aromatic ring is 1. The average molecular weight is 360 g/mol. The Labute approximate surface area is 157 Å². The molecule has 0 saturated carbocycles. The lowest BCUT2D eigenvalue weighted by atomic mass is 10.1. The van der Waals surface area contributed by atoms with Crippen molar-refractivity contribution in [3.63, 3.8) is 0 Å². The van der Waals surface area contributed by atoms with Crippen LogP contribution in [0, 0.1) is 0 Å². The number of hydrogen-bond donors (Lipinski definition) is 1. The lowest BCUT2D eigenvalue weighted by molar-refractivity contribution is -0.117. The molecule has 3 aromatic rings. The standard InChI is InChI=1S/C22H20N2O3/c23-17-10-11-20-19(14-17)24(12-4-8-16-6-2-1-3-7-16)22(25)21(27-20)15-18-9-5-13-26-18/h1-3,5-7,9-11,13-15H,4,8,12,23H2/b21-15+. The van der Waals surface area contributed by atoms with Gasteiger partial charge in [0.2, 0.25) is 0 Å². The van der Waals surface area contributed by atoms with Crippen molar-refractivity contribution >= 4 is 23.4 Å². The summed E-state index contributed by atoms with van der Waals surface area (Å²) in [5, 5.41) is 0. The van der Waals surface area contributed by atoms with Gasteiger partial charge in [0.1, 0.15) is 5.76 Å². The molecule has 4 rings (SSSR count). The molecule has 2 heterocycles. The SMILES string of the molecule is Nc1ccc2c(c1)N(CCCc1ccccc1)C(=O)/C(=C\c1ccco1)O2. The maximum absolute atomic E-state index is 13.0. The highest BCUT2D eigenvalue weighted by molar-refractivity contribution is 6.10. The first-order valence-electron chi connectivity index (χ1n) is 8.89. The van der Waals surface area contributed by atoms with Gasteiger partial charge in [-0.25, -0.2) is 0 Å². The first-order chi connectivity index (χ1) is 13.2. The van der Waals surface area contributed by atoms with Crippen molar-refractivity contribution in [2.45, 2.75) is 12.8 Å². The van der Waals surface area contributed by atoms with Crippen molar-refractivity contribution < 1.29 is 13.9 Å². The Morgan fingerprint density at radius 1 is 1.04 bits per heavy atom. The van der Waals surface area contributed by atoms with Crippen LogP contribution in [0.1, 0.15) is 17.7 Å². The zero-order valence-electron chi connectivity index (χ0n) is 14.8. The van der Waals surface area contributed by atoms with Crippen LogP contribution in [0.5, 0.6) is 5.75 Å². The van der Waals surface area contributed by atoms with E-state index >= 15 is 0 Å². The first kappa shape index (κ1) is 17.0. The molecule has 1 amide bonds. The lowest BCUT2D eigenvalue weighted by Gasteiger charge is -2.30. The third kappa shape index (κ3) is 3.72. The number of carbonyl (C=O) groups is 1. The molecular weight excluding hydrogens is 340 g/mol. The van der Waals surface area contributed by atoms with Crippen LogP contribution in [-0.4, -0.2) is 12.5 Å². The second kappa shape index (κ2) is 7.41. The predicted octanol–water partition coefficient (Wildman–Crippen LogP) is 4.26. The smallest absolute Gasteiger partial charge is 0.294 e. The molecular formula is C22H20N2O3. The van der Waals surface area contributed by atoms with Crippen molar-refractivity contribution in [2.75, 3.05) is 17.2 Å². The van der Waals surface area contributed by atoms with Gasteiger partial charge in [0.25, 0.3) is 5.91 Å². The molecule has 0 saturated heterocycles. The van der Waals surface area contributed by atoms with E-state index in [9.17, 15) is 4.79 Å². The molecule has 1 aliphatic rings. The van der Waals surface area contributed by atoms with Crippen molar-refractivity contribution in [2.24, 2.45) is 0 Å². The molecule has 5 nitrogen and oxygen atoms in total. The van der Waals surface area contributed by atoms with E-state index in [1.165, 1.54) is 5.56 Å². The summed E-state index contributed by atoms with van der Waals surface area (Å²) in [5.41, 5.74) is 8.47. The van der Waals surface area contributed by atoms with Gasteiger partial charge in [0, 0.05) is 18.3 Å². The Morgan fingerprint density at radius 2 is 1.89 bits per heavy atom. The highest BCUT2D eigenvalue weighted by Gasteiger charge is 2.30. The van der Waals surface area contributed by atoms with Gasteiger partial charge in [0.15, 0.2) is 11.5 Å². The van der Waals surface area contributed by atoms with Gasteiger partial charge in [-0.2, -0.15) is 0 Å². The number of aryl methyl sites for hydroxylation is 1. The van der Waals surface area contributed by atoms with Crippen LogP contribution >= 0.6 is 0 Å². The minimum Gasteiger partial charge on any atom is -0.465 e. The van der Waals surface area contributed by atoms with Gasteiger partial charge in [-0.3, -0.25) is 4.79 Å². The Bertz CT molecular complexity index is 962. The number of benzene rings is 2. The van der Waals surface area contributed by atoms with Gasteiger partial charge in [-0.05, 0) is 48.7 Å². The lowest BCUT2D eigenvalue weighted by Crippen LogP contribution is -2.38. The largest absolute Gasteiger partial charge is 0.465 e. The molecule has 1 aliphatic heterocycles. The summed E-state index contributed by atoms with van der Waals surface area (Å²) in [4.78, 5) is 14.7. The van der Waals surface area contributed by atoms with E-state index in [-0.39, 0.29) is 11.7 Å². The van der Waals surface area contributed by atoms with E-state index in [1.54, 1.807) is 47.6 Å². The third-order valence-electron chi connectivity index (χ3n) is 4.46. The molecule has 0 bridgehead atoms. The second-order valence-corrected chi connectivity index (χ2v) is 6.40. The third-order valence-corrected chi connectivity index (χ3v) is 4.46. The summed E-state index contributed by atoms with van der Waals surface area (Å²) in [6, 6.07) is 19.1. The number of hydrogen-bond acceptors (Lipinski definition) is 4. The fourth-order valence-corrected chi connectivity index (χ4v) is 3.14. The molecule has 0 unspecified atom stereocenters. The summed E-state index contributed by atoms with van der Waals surface area (Å²) in [6.07, 6.45) is 4.90. The number of fused-ring (bicyclic) bond motifs is 1. The number of carbonyl (C=O) groups excluding carboxylic acids is 1. The number of furan rings is 1. The van der Waals surface area contributed by atoms with Crippen LogP contribution in [-0.2, 0) is 11.2 Å². The molecule has 0 atom stereocenters. The van der Waals surface area contributed by atoms with Gasteiger partial charge in [-0.1, -0.05) is 30.3 Å². The van der Waals surface area contributed by atoms with Crippen LogP contribution in [0.3, 0.4) is 0 Å². The first-order valence-corrected chi connectivity index (χ1v) is 8.89. The van der Waals surface area contributed by atoms with E-state index in [0.29, 0.717) is 29.4 Å². The Balaban J connectivity index is 1.59. The maximum atomic E-state index is 13.0. The summed E-state index contributed by atoms with van der Waals surface area (Å²) in [6.45, 7) is 0.572. The van der Waals surface area contributed by atoms with E-state index < -0.39 is 0 Å². The molecule has 136 valence electrons. The Hall–Kier alpha value is -3.47. The molecule has 0 radical (unpaired) electrons. The normalized spacial score (nSPS) is 14.9. The molecule has 2 aromatic carbocycles. The number of nitrogens with zero attached hydrogens (tertiary/aromatic N) is 1. The number of amides is 1. The Morgan fingerprint density at radius 3 is 2.67 bits per heavy atom.